The average Bonchev–Trinajstić information content (AvgIpc) is 2.24. The minimum Gasteiger partial charge on any atom is -0.669 e. The van der Waals surface area contributed by atoms with Crippen LogP contribution in [-0.2, 0) is 26.7 Å². The molecular formula is C10H16CuN2O4S2-2. The van der Waals surface area contributed by atoms with E-state index in [-0.39, 0.29) is 17.1 Å². The third-order valence-corrected chi connectivity index (χ3v) is 6.57. The minimum absolute atomic E-state index is 0. The summed E-state index contributed by atoms with van der Waals surface area (Å²) in [6, 6.07) is -2.86. The minimum atomic E-state index is -1.48. The van der Waals surface area contributed by atoms with E-state index in [0.717, 1.165) is 21.6 Å². The van der Waals surface area contributed by atoms with Gasteiger partial charge in [-0.25, -0.2) is 0 Å². The van der Waals surface area contributed by atoms with Crippen molar-refractivity contribution in [2.24, 2.45) is 0 Å². The van der Waals surface area contributed by atoms with Crippen LogP contribution >= 0.6 is 21.6 Å². The van der Waals surface area contributed by atoms with E-state index in [1.165, 1.54) is 0 Å². The van der Waals surface area contributed by atoms with Gasteiger partial charge >= 0.3 is 17.1 Å². The fourth-order valence-electron chi connectivity index (χ4n) is 0.879. The number of carbonyl (C=O) groups is 2. The van der Waals surface area contributed by atoms with Crippen LogP contribution in [0.25, 0.3) is 11.5 Å². The maximum absolute atomic E-state index is 10.7. The van der Waals surface area contributed by atoms with Gasteiger partial charge in [0.05, 0.1) is 0 Å². The van der Waals surface area contributed by atoms with Crippen molar-refractivity contribution < 1.29 is 36.9 Å². The second-order valence-corrected chi connectivity index (χ2v) is 8.32. The molecule has 2 N–H and O–H groups in total. The van der Waals surface area contributed by atoms with Crippen molar-refractivity contribution in [3.05, 3.63) is 11.5 Å². The monoisotopic (exact) mass is 355 g/mol. The van der Waals surface area contributed by atoms with Gasteiger partial charge in [-0.05, 0) is 0 Å². The fourth-order valence-corrected chi connectivity index (χ4v) is 3.56. The Hall–Kier alpha value is 0.0795. The van der Waals surface area contributed by atoms with Gasteiger partial charge in [-0.15, -0.1) is 0 Å². The van der Waals surface area contributed by atoms with Gasteiger partial charge in [0.2, 0.25) is 0 Å². The van der Waals surface area contributed by atoms with Gasteiger partial charge in [-0.3, -0.25) is 0 Å². The first-order valence-corrected chi connectivity index (χ1v) is 7.27. The van der Waals surface area contributed by atoms with E-state index in [1.807, 2.05) is 0 Å². The van der Waals surface area contributed by atoms with Gasteiger partial charge in [-0.2, -0.15) is 0 Å². The van der Waals surface area contributed by atoms with E-state index in [1.54, 1.807) is 27.7 Å². The van der Waals surface area contributed by atoms with Crippen LogP contribution in [0, 0.1) is 0 Å². The molecule has 0 aromatic heterocycles. The Morgan fingerprint density at radius 1 is 0.895 bits per heavy atom. The molecule has 0 saturated heterocycles. The molecule has 1 radical (unpaired) electrons. The van der Waals surface area contributed by atoms with Crippen molar-refractivity contribution >= 4 is 33.5 Å². The molecule has 2 unspecified atom stereocenters. The largest absolute Gasteiger partial charge is 2.00 e. The third-order valence-electron chi connectivity index (χ3n) is 2.33. The first-order valence-electron chi connectivity index (χ1n) is 5.12. The van der Waals surface area contributed by atoms with Crippen LogP contribution in [0.2, 0.25) is 0 Å². The number of hydrogen-bond donors (Lipinski definition) is 0. The molecular weight excluding hydrogens is 340 g/mol. The number of hydrogen-bond acceptors (Lipinski definition) is 6. The first-order chi connectivity index (χ1) is 7.92. The third kappa shape index (κ3) is 6.37. The Morgan fingerprint density at radius 2 is 1.11 bits per heavy atom. The van der Waals surface area contributed by atoms with E-state index in [0.29, 0.717) is 0 Å². The number of carbonyl (C=O) groups excluding carboxylic acids is 2. The van der Waals surface area contributed by atoms with Gasteiger partial charge in [0.15, 0.2) is 0 Å². The van der Waals surface area contributed by atoms with Crippen molar-refractivity contribution in [3.8, 4) is 0 Å². The molecule has 6 nitrogen and oxygen atoms in total. The second-order valence-electron chi connectivity index (χ2n) is 4.88. The van der Waals surface area contributed by atoms with Crippen molar-refractivity contribution in [1.29, 1.82) is 0 Å². The van der Waals surface area contributed by atoms with Crippen LogP contribution in [0.4, 0.5) is 0 Å². The van der Waals surface area contributed by atoms with Gasteiger partial charge in [-0.1, -0.05) is 61.4 Å². The summed E-state index contributed by atoms with van der Waals surface area (Å²) >= 11 is 0. The summed E-state index contributed by atoms with van der Waals surface area (Å²) in [4.78, 5) is 21.3. The molecule has 0 saturated carbocycles. The van der Waals surface area contributed by atoms with Crippen LogP contribution in [0.1, 0.15) is 27.7 Å². The van der Waals surface area contributed by atoms with Gasteiger partial charge < -0.3 is 31.3 Å². The predicted octanol–water partition coefficient (Wildman–Crippen LogP) is 0.264. The molecule has 0 rings (SSSR count). The zero-order chi connectivity index (χ0) is 14.7. The summed E-state index contributed by atoms with van der Waals surface area (Å²) in [5.74, 6) is -2.96. The summed E-state index contributed by atoms with van der Waals surface area (Å²) in [6.07, 6.45) is 0. The molecule has 9 heteroatoms. The molecule has 115 valence electrons. The molecule has 0 amide bonds. The summed E-state index contributed by atoms with van der Waals surface area (Å²) in [7, 11) is 2.13. The molecule has 0 spiro atoms. The quantitative estimate of drug-likeness (QED) is 0.476. The SMILES string of the molecule is CC(C)(SSC(C)(C)C([NH-])C(=O)[O-])C([NH-])C(=O)[O-].[Cu+2]. The van der Waals surface area contributed by atoms with Crippen LogP contribution in [-0.4, -0.2) is 33.5 Å². The van der Waals surface area contributed by atoms with E-state index >= 15 is 0 Å². The van der Waals surface area contributed by atoms with E-state index in [2.05, 4.69) is 0 Å². The van der Waals surface area contributed by atoms with Crippen molar-refractivity contribution in [2.45, 2.75) is 49.3 Å². The topological polar surface area (TPSA) is 128 Å². The summed E-state index contributed by atoms with van der Waals surface area (Å²) < 4.78 is -1.90. The maximum Gasteiger partial charge on any atom is 2.00 e. The van der Waals surface area contributed by atoms with Crippen molar-refractivity contribution in [2.75, 3.05) is 0 Å². The number of rotatable bonds is 7. The van der Waals surface area contributed by atoms with Crippen molar-refractivity contribution in [3.63, 3.8) is 0 Å². The van der Waals surface area contributed by atoms with E-state index in [4.69, 9.17) is 11.5 Å². The fraction of sp³-hybridized carbons (Fsp3) is 0.800. The molecule has 0 fully saturated rings. The Labute approximate surface area is 131 Å². The van der Waals surface area contributed by atoms with Gasteiger partial charge in [0.25, 0.3) is 0 Å². The van der Waals surface area contributed by atoms with E-state index < -0.39 is 33.5 Å². The van der Waals surface area contributed by atoms with Crippen LogP contribution in [0.15, 0.2) is 0 Å². The smallest absolute Gasteiger partial charge is 0.669 e. The standard InChI is InChI=1S/C10H18N2O4S2.Cu/c1-9(2,5(11)7(13)14)17-18-10(3,4)6(12)8(15)16;/h5-6,11-12H,1-4H3,(H,13,14)(H,15,16);/q-2;+2/p-2. The van der Waals surface area contributed by atoms with Gasteiger partial charge in [0, 0.05) is 21.4 Å². The molecule has 0 aliphatic carbocycles. The zero-order valence-corrected chi connectivity index (χ0v) is 13.5. The second kappa shape index (κ2) is 7.75. The number of nitrogens with one attached hydrogen (secondary N) is 2. The molecule has 0 aliphatic rings. The predicted molar refractivity (Wildman–Crippen MR) is 69.6 cm³/mol. The van der Waals surface area contributed by atoms with Crippen molar-refractivity contribution in [1.82, 2.24) is 0 Å². The number of carboxylic acid groups (broad SMARTS) is 2. The summed E-state index contributed by atoms with van der Waals surface area (Å²) in [5, 5.41) is 21.3. The summed E-state index contributed by atoms with van der Waals surface area (Å²) in [5.41, 5.74) is 14.9. The van der Waals surface area contributed by atoms with E-state index in [9.17, 15) is 19.8 Å². The summed E-state index contributed by atoms with van der Waals surface area (Å²) in [6.45, 7) is 6.25. The Balaban J connectivity index is 0. The molecule has 0 aromatic rings. The Bertz CT molecular complexity index is 307. The number of carboxylic acids is 2. The normalized spacial score (nSPS) is 15.3. The molecule has 19 heavy (non-hydrogen) atoms. The first kappa shape index (κ1) is 21.4. The Morgan fingerprint density at radius 3 is 1.26 bits per heavy atom. The Kier molecular flexibility index (Phi) is 8.73. The van der Waals surface area contributed by atoms with Crippen LogP contribution in [0.3, 0.4) is 0 Å². The molecule has 0 heterocycles. The zero-order valence-electron chi connectivity index (χ0n) is 10.9. The average molecular weight is 356 g/mol. The molecule has 0 aromatic carbocycles. The molecule has 0 aliphatic heterocycles. The van der Waals surface area contributed by atoms with Crippen LogP contribution in [0.5, 0.6) is 0 Å². The van der Waals surface area contributed by atoms with Gasteiger partial charge in [0.1, 0.15) is 0 Å². The van der Waals surface area contributed by atoms with Crippen LogP contribution < -0.4 is 10.2 Å². The maximum atomic E-state index is 10.7. The molecule has 2 atom stereocenters. The molecule has 0 bridgehead atoms. The number of aliphatic carboxylic acids is 2.